The first-order valence-corrected chi connectivity index (χ1v) is 7.84. The molecule has 1 atom stereocenters. The van der Waals surface area contributed by atoms with Gasteiger partial charge in [0.1, 0.15) is 5.75 Å². The van der Waals surface area contributed by atoms with Gasteiger partial charge >= 0.3 is 0 Å². The highest BCUT2D eigenvalue weighted by Gasteiger charge is 2.28. The maximum Gasteiger partial charge on any atom is 0.257 e. The number of rotatable bonds is 5. The van der Waals surface area contributed by atoms with E-state index in [4.69, 9.17) is 4.74 Å². The Labute approximate surface area is 135 Å². The van der Waals surface area contributed by atoms with Crippen LogP contribution in [0.2, 0.25) is 0 Å². The lowest BCUT2D eigenvalue weighted by atomic mass is 10.1. The molecule has 1 aromatic carbocycles. The summed E-state index contributed by atoms with van der Waals surface area (Å²) in [5.41, 5.74) is 2.31. The van der Waals surface area contributed by atoms with Crippen LogP contribution in [0.1, 0.15) is 16.8 Å². The summed E-state index contributed by atoms with van der Waals surface area (Å²) in [4.78, 5) is 14.7. The van der Waals surface area contributed by atoms with Gasteiger partial charge in [-0.05, 0) is 50.2 Å². The van der Waals surface area contributed by atoms with Crippen LogP contribution in [-0.2, 0) is 0 Å². The van der Waals surface area contributed by atoms with E-state index in [0.29, 0.717) is 11.5 Å². The van der Waals surface area contributed by atoms with Gasteiger partial charge in [-0.3, -0.25) is 9.89 Å². The predicted molar refractivity (Wildman–Crippen MR) is 88.5 cm³/mol. The molecule has 0 bridgehead atoms. The summed E-state index contributed by atoms with van der Waals surface area (Å²) in [5.74, 6) is 1.36. The fourth-order valence-corrected chi connectivity index (χ4v) is 3.07. The molecular weight excluding hydrogens is 292 g/mol. The van der Waals surface area contributed by atoms with Crippen LogP contribution >= 0.6 is 0 Å². The van der Waals surface area contributed by atoms with E-state index in [-0.39, 0.29) is 5.91 Å². The molecule has 3 rings (SSSR count). The number of hydrogen-bond acceptors (Lipinski definition) is 4. The largest absolute Gasteiger partial charge is 0.497 e. The third-order valence-corrected chi connectivity index (χ3v) is 4.31. The van der Waals surface area contributed by atoms with E-state index in [9.17, 15) is 4.79 Å². The van der Waals surface area contributed by atoms with Crippen molar-refractivity contribution >= 4 is 5.91 Å². The highest BCUT2D eigenvalue weighted by molar-refractivity contribution is 5.99. The molecule has 2 aromatic rings. The van der Waals surface area contributed by atoms with Crippen LogP contribution < -0.4 is 10.1 Å². The van der Waals surface area contributed by atoms with Crippen molar-refractivity contribution in [3.8, 4) is 17.0 Å². The lowest BCUT2D eigenvalue weighted by Gasteiger charge is -2.16. The Balaban J connectivity index is 1.79. The van der Waals surface area contributed by atoms with Gasteiger partial charge in [0.05, 0.1) is 24.6 Å². The van der Waals surface area contributed by atoms with Gasteiger partial charge in [0.15, 0.2) is 0 Å². The fraction of sp³-hybridized carbons (Fsp3) is 0.412. The minimum Gasteiger partial charge on any atom is -0.497 e. The standard InChI is InChI=1S/C17H22N4O2/c1-18-9-12-7-8-21(11-12)17(22)15-10-19-20-16(15)13-3-5-14(23-2)6-4-13/h3-6,10,12,18H,7-9,11H2,1-2H3,(H,19,20). The van der Waals surface area contributed by atoms with Crippen LogP contribution in [0.3, 0.4) is 0 Å². The minimum atomic E-state index is 0.0446. The van der Waals surface area contributed by atoms with Gasteiger partial charge in [-0.15, -0.1) is 0 Å². The third-order valence-electron chi connectivity index (χ3n) is 4.31. The molecule has 23 heavy (non-hydrogen) atoms. The van der Waals surface area contributed by atoms with Crippen LogP contribution in [-0.4, -0.2) is 54.8 Å². The summed E-state index contributed by atoms with van der Waals surface area (Å²) in [5, 5.41) is 10.2. The number of carbonyl (C=O) groups excluding carboxylic acids is 1. The molecule has 0 saturated carbocycles. The molecule has 0 spiro atoms. The zero-order valence-electron chi connectivity index (χ0n) is 13.5. The molecule has 1 aliphatic rings. The summed E-state index contributed by atoms with van der Waals surface area (Å²) in [6.07, 6.45) is 2.66. The molecular formula is C17H22N4O2. The van der Waals surface area contributed by atoms with Gasteiger partial charge in [0, 0.05) is 18.7 Å². The van der Waals surface area contributed by atoms with Crippen molar-refractivity contribution in [1.29, 1.82) is 0 Å². The first kappa shape index (κ1) is 15.6. The van der Waals surface area contributed by atoms with Gasteiger partial charge in [0.2, 0.25) is 0 Å². The number of benzene rings is 1. The smallest absolute Gasteiger partial charge is 0.257 e. The number of nitrogens with one attached hydrogen (secondary N) is 2. The van der Waals surface area contributed by atoms with Crippen LogP contribution in [0.5, 0.6) is 5.75 Å². The number of H-pyrrole nitrogens is 1. The van der Waals surface area contributed by atoms with Crippen molar-refractivity contribution in [2.45, 2.75) is 6.42 Å². The van der Waals surface area contributed by atoms with E-state index in [0.717, 1.165) is 43.1 Å². The van der Waals surface area contributed by atoms with E-state index in [2.05, 4.69) is 15.5 Å². The molecule has 1 aliphatic heterocycles. The first-order chi connectivity index (χ1) is 11.2. The summed E-state index contributed by atoms with van der Waals surface area (Å²) < 4.78 is 5.17. The van der Waals surface area contributed by atoms with Gasteiger partial charge < -0.3 is 15.0 Å². The van der Waals surface area contributed by atoms with E-state index in [1.54, 1.807) is 13.3 Å². The Hall–Kier alpha value is -2.34. The zero-order valence-corrected chi connectivity index (χ0v) is 13.5. The van der Waals surface area contributed by atoms with E-state index in [1.807, 2.05) is 36.2 Å². The van der Waals surface area contributed by atoms with E-state index >= 15 is 0 Å². The Morgan fingerprint density at radius 3 is 2.91 bits per heavy atom. The lowest BCUT2D eigenvalue weighted by molar-refractivity contribution is 0.0788. The highest BCUT2D eigenvalue weighted by Crippen LogP contribution is 2.26. The van der Waals surface area contributed by atoms with Crippen molar-refractivity contribution in [2.24, 2.45) is 5.92 Å². The molecule has 1 amide bonds. The number of hydrogen-bond donors (Lipinski definition) is 2. The number of methoxy groups -OCH3 is 1. The van der Waals surface area contributed by atoms with E-state index < -0.39 is 0 Å². The predicted octanol–water partition coefficient (Wildman–Crippen LogP) is 1.77. The highest BCUT2D eigenvalue weighted by atomic mass is 16.5. The summed E-state index contributed by atoms with van der Waals surface area (Å²) in [6, 6.07) is 7.61. The molecule has 6 nitrogen and oxygen atoms in total. The summed E-state index contributed by atoms with van der Waals surface area (Å²) in [7, 11) is 3.58. The average molecular weight is 314 g/mol. The van der Waals surface area contributed by atoms with E-state index in [1.165, 1.54) is 0 Å². The lowest BCUT2D eigenvalue weighted by Crippen LogP contribution is -2.30. The van der Waals surface area contributed by atoms with Gasteiger partial charge in [-0.25, -0.2) is 0 Å². The van der Waals surface area contributed by atoms with Crippen molar-refractivity contribution in [3.05, 3.63) is 36.0 Å². The van der Waals surface area contributed by atoms with Crippen molar-refractivity contribution in [1.82, 2.24) is 20.4 Å². The Kier molecular flexibility index (Phi) is 4.62. The Morgan fingerprint density at radius 2 is 2.22 bits per heavy atom. The molecule has 1 fully saturated rings. The third kappa shape index (κ3) is 3.22. The van der Waals surface area contributed by atoms with Crippen molar-refractivity contribution in [3.63, 3.8) is 0 Å². The summed E-state index contributed by atoms with van der Waals surface area (Å²) >= 11 is 0. The first-order valence-electron chi connectivity index (χ1n) is 7.84. The molecule has 0 radical (unpaired) electrons. The van der Waals surface area contributed by atoms with Crippen molar-refractivity contribution < 1.29 is 9.53 Å². The normalized spacial score (nSPS) is 17.5. The summed E-state index contributed by atoms with van der Waals surface area (Å²) in [6.45, 7) is 2.55. The molecule has 1 saturated heterocycles. The Morgan fingerprint density at radius 1 is 1.43 bits per heavy atom. The van der Waals surface area contributed by atoms with Crippen molar-refractivity contribution in [2.75, 3.05) is 33.8 Å². The van der Waals surface area contributed by atoms with Crippen LogP contribution in [0, 0.1) is 5.92 Å². The quantitative estimate of drug-likeness (QED) is 0.882. The maximum absolute atomic E-state index is 12.8. The topological polar surface area (TPSA) is 70.2 Å². The Bertz CT molecular complexity index is 665. The second-order valence-corrected chi connectivity index (χ2v) is 5.85. The van der Waals surface area contributed by atoms with Gasteiger partial charge in [-0.2, -0.15) is 5.10 Å². The van der Waals surface area contributed by atoms with Gasteiger partial charge in [-0.1, -0.05) is 0 Å². The van der Waals surface area contributed by atoms with Crippen LogP contribution in [0.25, 0.3) is 11.3 Å². The monoisotopic (exact) mass is 314 g/mol. The number of aromatic amines is 1. The molecule has 1 aromatic heterocycles. The SMILES string of the molecule is CNCC1CCN(C(=O)c2cn[nH]c2-c2ccc(OC)cc2)C1. The van der Waals surface area contributed by atoms with Crippen LogP contribution in [0.4, 0.5) is 0 Å². The number of amides is 1. The maximum atomic E-state index is 12.8. The molecule has 2 heterocycles. The number of likely N-dealkylation sites (tertiary alicyclic amines) is 1. The minimum absolute atomic E-state index is 0.0446. The van der Waals surface area contributed by atoms with Gasteiger partial charge in [0.25, 0.3) is 5.91 Å². The van der Waals surface area contributed by atoms with Crippen LogP contribution in [0.15, 0.2) is 30.5 Å². The second-order valence-electron chi connectivity index (χ2n) is 5.85. The molecule has 122 valence electrons. The number of aromatic nitrogens is 2. The average Bonchev–Trinajstić information content (AvgIpc) is 3.24. The molecule has 2 N–H and O–H groups in total. The number of ether oxygens (including phenoxy) is 1. The fourth-order valence-electron chi connectivity index (χ4n) is 3.07. The molecule has 0 aliphatic carbocycles. The second kappa shape index (κ2) is 6.83. The number of carbonyl (C=O) groups is 1. The molecule has 1 unspecified atom stereocenters. The molecule has 6 heteroatoms. The number of nitrogens with zero attached hydrogens (tertiary/aromatic N) is 2. The zero-order chi connectivity index (χ0) is 16.2.